The number of hydrogen-bond acceptors (Lipinski definition) is 16. The number of para-hydroxylation sites is 1. The minimum atomic E-state index is -4.35. The number of ether oxygens (including phenoxy) is 3. The minimum Gasteiger partial charge on any atom is -0.508 e. The maximum atomic E-state index is 12.8. The molecule has 6 aromatic carbocycles. The second kappa shape index (κ2) is 36.6. The van der Waals surface area contributed by atoms with Crippen LogP contribution >= 0.6 is 86.4 Å². The van der Waals surface area contributed by atoms with Crippen LogP contribution in [0.3, 0.4) is 0 Å². The van der Waals surface area contributed by atoms with E-state index in [-0.39, 0.29) is 18.3 Å². The number of thiol groups is 1. The molecule has 0 radical (unpaired) electrons. The number of aryl methyl sites for hydroxylation is 6. The van der Waals surface area contributed by atoms with E-state index in [1.54, 1.807) is 68.9 Å². The Morgan fingerprint density at radius 3 is 1.52 bits per heavy atom. The number of alkyl halides is 8. The molecule has 0 fully saturated rings. The predicted octanol–water partition coefficient (Wildman–Crippen LogP) is 18.5. The number of phenols is 3. The van der Waals surface area contributed by atoms with E-state index < -0.39 is 29.4 Å². The third-order valence-electron chi connectivity index (χ3n) is 11.0. The summed E-state index contributed by atoms with van der Waals surface area (Å²) in [6.45, 7) is 15.3. The molecule has 85 heavy (non-hydrogen) atoms. The number of carbonyl (C=O) groups excluding carboxylic acids is 2. The van der Waals surface area contributed by atoms with Gasteiger partial charge in [0.2, 0.25) is 0 Å². The summed E-state index contributed by atoms with van der Waals surface area (Å²) in [5.74, 6) is 2.03. The lowest BCUT2D eigenvalue weighted by molar-refractivity contribution is -0.145. The van der Waals surface area contributed by atoms with Crippen LogP contribution in [0.2, 0.25) is 0 Å². The number of nitrogens with zero attached hydrogens (tertiary/aromatic N) is 3. The summed E-state index contributed by atoms with van der Waals surface area (Å²) in [7, 11) is 0. The number of thiocyanates is 1. The molecule has 0 spiro atoms. The summed E-state index contributed by atoms with van der Waals surface area (Å²) in [5, 5.41) is 39.0. The van der Waals surface area contributed by atoms with Gasteiger partial charge in [0.1, 0.15) is 43.7 Å². The van der Waals surface area contributed by atoms with Gasteiger partial charge in [-0.25, -0.2) is 14.8 Å². The van der Waals surface area contributed by atoms with Crippen LogP contribution in [0.4, 0.5) is 26.3 Å². The van der Waals surface area contributed by atoms with E-state index in [9.17, 15) is 35.9 Å². The van der Waals surface area contributed by atoms with Crippen molar-refractivity contribution < 1.29 is 65.5 Å². The summed E-state index contributed by atoms with van der Waals surface area (Å²) in [5.41, 5.74) is 5.20. The summed E-state index contributed by atoms with van der Waals surface area (Å²) >= 11 is 18.4. The van der Waals surface area contributed by atoms with Crippen molar-refractivity contribution in [3.8, 4) is 49.5 Å². The largest absolute Gasteiger partial charge is 0.508 e. The Morgan fingerprint density at radius 2 is 1.11 bits per heavy atom. The Labute approximate surface area is 526 Å². The molecule has 0 saturated carbocycles. The number of aromatic hydroxyl groups is 3. The van der Waals surface area contributed by atoms with Crippen molar-refractivity contribution in [2.75, 3.05) is 25.2 Å². The predicted molar refractivity (Wildman–Crippen MR) is 335 cm³/mol. The van der Waals surface area contributed by atoms with Gasteiger partial charge in [-0.1, -0.05) is 58.4 Å². The monoisotopic (exact) mass is 1350 g/mol. The highest BCUT2D eigenvalue weighted by Gasteiger charge is 2.31. The van der Waals surface area contributed by atoms with Crippen molar-refractivity contribution in [3.05, 3.63) is 182 Å². The first kappa shape index (κ1) is 72.9. The maximum Gasteiger partial charge on any atom is 0.416 e. The van der Waals surface area contributed by atoms with Gasteiger partial charge in [0.05, 0.1) is 41.6 Å². The molecule has 0 saturated heterocycles. The number of nitriles is 1. The minimum absolute atomic E-state index is 0.131. The second-order valence-electron chi connectivity index (χ2n) is 17.5. The smallest absolute Gasteiger partial charge is 0.416 e. The van der Waals surface area contributed by atoms with Gasteiger partial charge in [0, 0.05) is 41.3 Å². The Morgan fingerprint density at radius 1 is 0.635 bits per heavy atom. The van der Waals surface area contributed by atoms with Gasteiger partial charge in [0.15, 0.2) is 6.61 Å². The molecule has 11 nitrogen and oxygen atoms in total. The number of thiazole rings is 2. The fourth-order valence-electron chi connectivity index (χ4n) is 6.47. The summed E-state index contributed by atoms with van der Waals surface area (Å²) < 4.78 is 90.4. The number of benzene rings is 6. The molecule has 0 unspecified atom stereocenters. The molecule has 0 aliphatic carbocycles. The summed E-state index contributed by atoms with van der Waals surface area (Å²) in [4.78, 5) is 35.2. The Hall–Kier alpha value is -6.39. The van der Waals surface area contributed by atoms with Crippen LogP contribution in [0, 0.1) is 52.2 Å². The molecule has 0 aliphatic heterocycles. The zero-order chi connectivity index (χ0) is 63.4. The highest BCUT2D eigenvalue weighted by Crippen LogP contribution is 2.37. The zero-order valence-corrected chi connectivity index (χ0v) is 53.7. The third-order valence-corrected chi connectivity index (χ3v) is 16.4. The van der Waals surface area contributed by atoms with Crippen molar-refractivity contribution in [3.63, 3.8) is 0 Å². The molecule has 2 aromatic heterocycles. The van der Waals surface area contributed by atoms with E-state index in [4.69, 9.17) is 41.7 Å². The number of phenolic OH excluding ortho intramolecular Hbond substituents is 3. The maximum absolute atomic E-state index is 12.8. The molecule has 0 atom stereocenters. The lowest BCUT2D eigenvalue weighted by Gasteiger charge is -2.10. The van der Waals surface area contributed by atoms with E-state index in [0.717, 1.165) is 94.1 Å². The van der Waals surface area contributed by atoms with Gasteiger partial charge in [-0.15, -0.1) is 58.7 Å². The van der Waals surface area contributed by atoms with Crippen molar-refractivity contribution in [1.29, 1.82) is 5.26 Å². The molecule has 24 heteroatoms. The Bertz CT molecular complexity index is 3410. The molecule has 454 valence electrons. The number of rotatable bonds is 13. The Balaban J connectivity index is 0.000000299. The number of aromatic nitrogens is 2. The van der Waals surface area contributed by atoms with Crippen molar-refractivity contribution in [2.24, 2.45) is 0 Å². The number of carbonyl (C=O) groups is 2. The van der Waals surface area contributed by atoms with Crippen LogP contribution in [0.15, 0.2) is 142 Å². The van der Waals surface area contributed by atoms with Crippen LogP contribution in [0.1, 0.15) is 68.4 Å². The normalized spacial score (nSPS) is 10.5. The topological polar surface area (TPSA) is 172 Å². The highest BCUT2D eigenvalue weighted by atomic mass is 79.9. The number of halogens is 8. The second-order valence-corrected chi connectivity index (χ2v) is 22.9. The number of esters is 2. The van der Waals surface area contributed by atoms with Gasteiger partial charge >= 0.3 is 24.3 Å². The molecule has 0 bridgehead atoms. The van der Waals surface area contributed by atoms with Crippen molar-refractivity contribution >= 4 is 98.3 Å². The molecule has 0 aliphatic rings. The molecular formula is C61H61BrClF6N3O8S5. The van der Waals surface area contributed by atoms with E-state index in [1.165, 1.54) is 46.9 Å². The molecule has 0 amide bonds. The van der Waals surface area contributed by atoms with Gasteiger partial charge in [0.25, 0.3) is 0 Å². The van der Waals surface area contributed by atoms with Gasteiger partial charge in [-0.05, 0) is 174 Å². The molecular weight excluding hydrogens is 1290 g/mol. The molecule has 3 N–H and O–H groups in total. The van der Waals surface area contributed by atoms with Gasteiger partial charge < -0.3 is 29.5 Å². The highest BCUT2D eigenvalue weighted by molar-refractivity contribution is 9.09. The molecule has 8 aromatic rings. The summed E-state index contributed by atoms with van der Waals surface area (Å²) in [6.07, 6.45) is -8.66. The van der Waals surface area contributed by atoms with Crippen LogP contribution < -0.4 is 4.74 Å². The van der Waals surface area contributed by atoms with Gasteiger partial charge in [-0.3, -0.25) is 4.79 Å². The van der Waals surface area contributed by atoms with Crippen LogP contribution in [-0.4, -0.2) is 62.4 Å². The number of hydrogen-bond donors (Lipinski definition) is 4. The lowest BCUT2D eigenvalue weighted by Crippen LogP contribution is -2.14. The lowest BCUT2D eigenvalue weighted by atomic mass is 10.1. The van der Waals surface area contributed by atoms with Crippen molar-refractivity contribution in [1.82, 2.24) is 9.97 Å². The average Bonchev–Trinajstić information content (AvgIpc) is 3.87. The summed E-state index contributed by atoms with van der Waals surface area (Å²) in [6, 6.07) is 33.3. The van der Waals surface area contributed by atoms with Crippen molar-refractivity contribution in [2.45, 2.75) is 94.1 Å². The van der Waals surface area contributed by atoms with E-state index >= 15 is 0 Å². The standard InChI is InChI=1S/C23H22F3NO3S2.C12H9ClF3NS.C8H7NOS.C7H8OS.C7H8O.C4H7BrO2/c1-4-29-21(28)12-30-19-10-9-18(11-14(19)2)31-13-20-15(3)27-22(32-20)16-5-7-17(8-6-16)23(24,25)26;1-7-10(6-13)18-11(17-7)8-2-4-9(5-3-8)12(14,15)16;1-6-4-7(11-5-9)2-3-8(6)10;1-5-4-6(9)2-3-7(5)8;1-6-4-2-3-5-7(6)8;1-2-7-4(6)3-5/h5-11H,4,12-13H2,1-3H3;2-5H,6H2,1H3;2-4,10H,1H3;2-4,8-9H,1H3;2-5,8H,1H3;2-3H2,1H3. The van der Waals surface area contributed by atoms with Crippen LogP contribution in [0.5, 0.6) is 23.0 Å². The first-order valence-corrected chi connectivity index (χ1v) is 30.8. The Kier molecular flexibility index (Phi) is 31.3. The quantitative estimate of drug-likeness (QED) is 0.0215. The first-order valence-electron chi connectivity index (χ1n) is 25.3. The van der Waals surface area contributed by atoms with Crippen LogP contribution in [0.25, 0.3) is 21.1 Å². The van der Waals surface area contributed by atoms with E-state index in [2.05, 4.69) is 43.3 Å². The fourth-order valence-corrected chi connectivity index (χ4v) is 10.9. The SMILES string of the molecule is CCOC(=O)CBr.CCOC(=O)COc1ccc(SCc2sc(-c3ccc(C(F)(F)F)cc3)nc2C)cc1C.Cc1cc(S)ccc1O.Cc1cc(SC#N)ccc1O.Cc1ccccc1O.Cc1nc(-c2ccc(C(F)(F)F)cc2)sc1CCl. The third kappa shape index (κ3) is 26.0. The van der Waals surface area contributed by atoms with E-state index in [1.807, 2.05) is 82.5 Å². The fraction of sp³-hybridized carbons (Fsp3) is 0.262. The van der Waals surface area contributed by atoms with Crippen LogP contribution in [-0.2, 0) is 43.0 Å². The van der Waals surface area contributed by atoms with Gasteiger partial charge in [-0.2, -0.15) is 31.6 Å². The zero-order valence-electron chi connectivity index (χ0n) is 47.2. The first-order chi connectivity index (χ1) is 40.1. The average molecular weight is 1350 g/mol. The van der Waals surface area contributed by atoms with E-state index in [0.29, 0.717) is 68.6 Å². The molecule has 8 rings (SSSR count). The number of thioether (sulfide) groups is 2. The molecule has 2 heterocycles.